The van der Waals surface area contributed by atoms with Crippen LogP contribution in [0, 0.1) is 5.41 Å². The van der Waals surface area contributed by atoms with Gasteiger partial charge in [-0.25, -0.2) is 4.98 Å². The van der Waals surface area contributed by atoms with Crippen LogP contribution in [0.4, 0.5) is 11.5 Å². The first-order valence-corrected chi connectivity index (χ1v) is 12.9. The van der Waals surface area contributed by atoms with Gasteiger partial charge in [0.15, 0.2) is 5.82 Å². The maximum absolute atomic E-state index is 13.4. The molecule has 11 nitrogen and oxygen atoms in total. The van der Waals surface area contributed by atoms with E-state index in [0.717, 1.165) is 24.8 Å². The van der Waals surface area contributed by atoms with E-state index < -0.39 is 5.56 Å². The van der Waals surface area contributed by atoms with Gasteiger partial charge >= 0.3 is 0 Å². The Morgan fingerprint density at radius 2 is 1.87 bits per heavy atom. The molecule has 0 bridgehead atoms. The van der Waals surface area contributed by atoms with Crippen LogP contribution < -0.4 is 33.0 Å². The van der Waals surface area contributed by atoms with Gasteiger partial charge in [0, 0.05) is 41.0 Å². The second-order valence-electron chi connectivity index (χ2n) is 9.82. The standard InChI is InChI=1S/C28H34N8O3/c1-3-16(2)34-27(38)20-10-19(11-21(29)12-20)23-14-33-26(35-22-8-9-22)28(39)36(23)15-24(37)32-13-17-4-6-18(7-5-17)25(30)31/h4-7,10-12,14,16,22H,3,8-9,13,15,29H2,1-2H3,(H3,30,31)(H,32,37)(H,33,35)(H,34,38)/t16-/m0/s1. The quantitative estimate of drug-likeness (QED) is 0.125. The van der Waals surface area contributed by atoms with Gasteiger partial charge in [0.1, 0.15) is 12.4 Å². The molecule has 3 aromatic rings. The topological polar surface area (TPSA) is 181 Å². The smallest absolute Gasteiger partial charge is 0.294 e. The van der Waals surface area contributed by atoms with Crippen LogP contribution >= 0.6 is 0 Å². The van der Waals surface area contributed by atoms with Gasteiger partial charge < -0.3 is 27.4 Å². The van der Waals surface area contributed by atoms with Gasteiger partial charge in [-0.05, 0) is 49.9 Å². The van der Waals surface area contributed by atoms with Gasteiger partial charge in [0.05, 0.1) is 11.9 Å². The Morgan fingerprint density at radius 1 is 1.15 bits per heavy atom. The third-order valence-corrected chi connectivity index (χ3v) is 6.53. The van der Waals surface area contributed by atoms with Gasteiger partial charge in [-0.15, -0.1) is 0 Å². The average Bonchev–Trinajstić information content (AvgIpc) is 3.73. The molecule has 0 radical (unpaired) electrons. The Kier molecular flexibility index (Phi) is 8.28. The molecule has 0 aliphatic heterocycles. The Hall–Kier alpha value is -4.67. The molecular weight excluding hydrogens is 496 g/mol. The third-order valence-electron chi connectivity index (χ3n) is 6.53. The number of benzene rings is 2. The number of carbonyl (C=O) groups is 2. The van der Waals surface area contributed by atoms with Crippen LogP contribution in [-0.2, 0) is 17.9 Å². The Bertz CT molecular complexity index is 1440. The van der Waals surface area contributed by atoms with Crippen molar-refractivity contribution in [3.8, 4) is 11.3 Å². The number of rotatable bonds is 11. The summed E-state index contributed by atoms with van der Waals surface area (Å²) < 4.78 is 1.34. The second kappa shape index (κ2) is 11.8. The van der Waals surface area contributed by atoms with E-state index in [4.69, 9.17) is 16.9 Å². The minimum Gasteiger partial charge on any atom is -0.399 e. The average molecular weight is 531 g/mol. The number of amides is 2. The highest BCUT2D eigenvalue weighted by atomic mass is 16.2. The zero-order valence-corrected chi connectivity index (χ0v) is 22.1. The Morgan fingerprint density at radius 3 is 2.51 bits per heavy atom. The van der Waals surface area contributed by atoms with Gasteiger partial charge in [-0.2, -0.15) is 0 Å². The number of hydrogen-bond donors (Lipinski definition) is 6. The van der Waals surface area contributed by atoms with Crippen molar-refractivity contribution in [1.82, 2.24) is 20.2 Å². The van der Waals surface area contributed by atoms with E-state index in [-0.39, 0.29) is 48.6 Å². The van der Waals surface area contributed by atoms with Crippen LogP contribution in [0.15, 0.2) is 53.5 Å². The number of nitrogens with zero attached hydrogens (tertiary/aromatic N) is 2. The van der Waals surface area contributed by atoms with E-state index in [1.165, 1.54) is 10.8 Å². The highest BCUT2D eigenvalue weighted by molar-refractivity contribution is 5.97. The summed E-state index contributed by atoms with van der Waals surface area (Å²) in [6.07, 6.45) is 4.20. The molecule has 1 aromatic heterocycles. The number of hydrogen-bond acceptors (Lipinski definition) is 7. The summed E-state index contributed by atoms with van der Waals surface area (Å²) in [5.74, 6) is -0.517. The van der Waals surface area contributed by atoms with Crippen molar-refractivity contribution in [2.45, 2.75) is 58.3 Å². The molecule has 0 spiro atoms. The molecule has 1 aliphatic rings. The molecule has 2 aromatic carbocycles. The highest BCUT2D eigenvalue weighted by Gasteiger charge is 2.24. The number of nitrogens with two attached hydrogens (primary N) is 2. The van der Waals surface area contributed by atoms with Gasteiger partial charge in [0.25, 0.3) is 11.5 Å². The number of anilines is 2. The fraction of sp³-hybridized carbons (Fsp3) is 0.321. The lowest BCUT2D eigenvalue weighted by Gasteiger charge is -2.17. The first kappa shape index (κ1) is 27.4. The molecule has 8 N–H and O–H groups in total. The summed E-state index contributed by atoms with van der Waals surface area (Å²) in [5, 5.41) is 16.4. The van der Waals surface area contributed by atoms with Crippen LogP contribution in [0.2, 0.25) is 0 Å². The largest absolute Gasteiger partial charge is 0.399 e. The van der Waals surface area contributed by atoms with Crippen molar-refractivity contribution >= 4 is 29.2 Å². The molecule has 2 amide bonds. The zero-order valence-electron chi connectivity index (χ0n) is 22.1. The molecule has 4 rings (SSSR count). The molecule has 0 unspecified atom stereocenters. The molecule has 204 valence electrons. The number of amidine groups is 1. The predicted octanol–water partition coefficient (Wildman–Crippen LogP) is 2.20. The number of carbonyl (C=O) groups excluding carboxylic acids is 2. The molecule has 0 saturated heterocycles. The number of aromatic nitrogens is 2. The Balaban J connectivity index is 1.61. The molecule has 11 heteroatoms. The molecule has 39 heavy (non-hydrogen) atoms. The number of nitrogens with one attached hydrogen (secondary N) is 4. The third kappa shape index (κ3) is 7.01. The van der Waals surface area contributed by atoms with Crippen molar-refractivity contribution in [1.29, 1.82) is 5.41 Å². The van der Waals surface area contributed by atoms with Crippen LogP contribution in [-0.4, -0.2) is 39.3 Å². The summed E-state index contributed by atoms with van der Waals surface area (Å²) >= 11 is 0. The van der Waals surface area contributed by atoms with Crippen molar-refractivity contribution in [2.75, 3.05) is 11.1 Å². The fourth-order valence-corrected chi connectivity index (χ4v) is 3.94. The number of nitrogen functional groups attached to an aromatic ring is 2. The highest BCUT2D eigenvalue weighted by Crippen LogP contribution is 2.25. The maximum atomic E-state index is 13.4. The van der Waals surface area contributed by atoms with Crippen molar-refractivity contribution in [3.63, 3.8) is 0 Å². The lowest BCUT2D eigenvalue weighted by atomic mass is 10.1. The van der Waals surface area contributed by atoms with Crippen molar-refractivity contribution in [3.05, 3.63) is 75.7 Å². The molecule has 1 heterocycles. The predicted molar refractivity (Wildman–Crippen MR) is 152 cm³/mol. The van der Waals surface area contributed by atoms with Crippen molar-refractivity contribution < 1.29 is 9.59 Å². The van der Waals surface area contributed by atoms with E-state index in [0.29, 0.717) is 28.1 Å². The van der Waals surface area contributed by atoms with E-state index >= 15 is 0 Å². The van der Waals surface area contributed by atoms with Crippen molar-refractivity contribution in [2.24, 2.45) is 5.73 Å². The zero-order chi connectivity index (χ0) is 28.1. The van der Waals surface area contributed by atoms with Crippen LogP contribution in [0.3, 0.4) is 0 Å². The van der Waals surface area contributed by atoms with Gasteiger partial charge in [-0.3, -0.25) is 24.4 Å². The summed E-state index contributed by atoms with van der Waals surface area (Å²) in [6.45, 7) is 3.86. The lowest BCUT2D eigenvalue weighted by Crippen LogP contribution is -2.34. The molecule has 1 fully saturated rings. The second-order valence-corrected chi connectivity index (χ2v) is 9.82. The first-order chi connectivity index (χ1) is 18.6. The lowest BCUT2D eigenvalue weighted by molar-refractivity contribution is -0.121. The molecule has 1 aliphatic carbocycles. The van der Waals surface area contributed by atoms with Crippen LogP contribution in [0.1, 0.15) is 54.6 Å². The molecular formula is C28H34N8O3. The summed E-state index contributed by atoms with van der Waals surface area (Å²) in [4.78, 5) is 43.6. The minimum atomic E-state index is -0.437. The monoisotopic (exact) mass is 530 g/mol. The molecule has 1 saturated carbocycles. The normalized spacial score (nSPS) is 13.4. The SMILES string of the molecule is CC[C@H](C)NC(=O)c1cc(N)cc(-c2cnc(NC3CC3)c(=O)n2CC(=O)NCc2ccc(C(=N)N)cc2)c1. The first-order valence-electron chi connectivity index (χ1n) is 12.9. The maximum Gasteiger partial charge on any atom is 0.294 e. The van der Waals surface area contributed by atoms with E-state index in [2.05, 4.69) is 20.9 Å². The van der Waals surface area contributed by atoms with Gasteiger partial charge in [0.2, 0.25) is 5.91 Å². The Labute approximate surface area is 226 Å². The van der Waals surface area contributed by atoms with E-state index in [1.54, 1.807) is 42.5 Å². The summed E-state index contributed by atoms with van der Waals surface area (Å²) in [5.41, 5.74) is 14.2. The van der Waals surface area contributed by atoms with E-state index in [9.17, 15) is 14.4 Å². The summed E-state index contributed by atoms with van der Waals surface area (Å²) in [6, 6.07) is 12.0. The fourth-order valence-electron chi connectivity index (χ4n) is 3.94. The van der Waals surface area contributed by atoms with E-state index in [1.807, 2.05) is 13.8 Å². The van der Waals surface area contributed by atoms with Crippen LogP contribution in [0.5, 0.6) is 0 Å². The minimum absolute atomic E-state index is 0.0163. The summed E-state index contributed by atoms with van der Waals surface area (Å²) in [7, 11) is 0. The molecule has 1 atom stereocenters. The van der Waals surface area contributed by atoms with Gasteiger partial charge in [-0.1, -0.05) is 31.2 Å². The van der Waals surface area contributed by atoms with Crippen LogP contribution in [0.25, 0.3) is 11.3 Å².